The molecule has 172 valence electrons. The molecule has 3 N–H and O–H groups in total. The van der Waals surface area contributed by atoms with Crippen molar-refractivity contribution in [2.45, 2.75) is 70.2 Å². The summed E-state index contributed by atoms with van der Waals surface area (Å²) in [6, 6.07) is -1.40. The predicted octanol–water partition coefficient (Wildman–Crippen LogP) is -2.54. The Hall–Kier alpha value is -3.06. The van der Waals surface area contributed by atoms with Crippen LogP contribution in [0, 0.1) is 0 Å². The lowest BCUT2D eigenvalue weighted by atomic mass is 9.81. The Kier molecular flexibility index (Phi) is 7.33. The quantitative estimate of drug-likeness (QED) is 0.223. The molecule has 0 radical (unpaired) electrons. The fraction of sp³-hybridized carbons (Fsp3) is 0.667. The molecule has 3 amide bonds. The molecule has 13 heteroatoms. The third-order valence-electron chi connectivity index (χ3n) is 4.66. The SMILES string of the molecule is CC(=O)N[C@@H]1[C@@H](OC(C)=O)[C@@H](OC(C)=O)[C@@H](COC(C)=O)O[C@@H]1C1(O)CC(=O)NC1=O. The van der Waals surface area contributed by atoms with Gasteiger partial charge in [0.15, 0.2) is 17.8 Å². The first kappa shape index (κ1) is 24.2. The monoisotopic (exact) mass is 444 g/mol. The summed E-state index contributed by atoms with van der Waals surface area (Å²) < 4.78 is 21.2. The summed E-state index contributed by atoms with van der Waals surface area (Å²) in [6.45, 7) is 3.87. The van der Waals surface area contributed by atoms with E-state index in [1.54, 1.807) is 0 Å². The number of nitrogens with one attached hydrogen (secondary N) is 2. The highest BCUT2D eigenvalue weighted by atomic mass is 16.6. The number of rotatable bonds is 6. The second kappa shape index (κ2) is 9.39. The van der Waals surface area contributed by atoms with Gasteiger partial charge in [-0.1, -0.05) is 0 Å². The Morgan fingerprint density at radius 2 is 1.65 bits per heavy atom. The Bertz CT molecular complexity index is 797. The fourth-order valence-electron chi connectivity index (χ4n) is 3.57. The molecule has 2 saturated heterocycles. The first-order valence-corrected chi connectivity index (χ1v) is 9.32. The second-order valence-corrected chi connectivity index (χ2v) is 7.25. The summed E-state index contributed by atoms with van der Waals surface area (Å²) in [5.41, 5.74) is -2.45. The normalized spacial score (nSPS) is 32.6. The molecule has 2 heterocycles. The molecular weight excluding hydrogens is 420 g/mol. The Balaban J connectivity index is 2.56. The molecule has 13 nitrogen and oxygen atoms in total. The number of amides is 3. The molecule has 2 aliphatic heterocycles. The van der Waals surface area contributed by atoms with E-state index in [1.807, 2.05) is 5.32 Å². The van der Waals surface area contributed by atoms with Crippen LogP contribution >= 0.6 is 0 Å². The van der Waals surface area contributed by atoms with Gasteiger partial charge in [0.1, 0.15) is 18.8 Å². The van der Waals surface area contributed by atoms with E-state index in [1.165, 1.54) is 0 Å². The smallest absolute Gasteiger partial charge is 0.303 e. The summed E-state index contributed by atoms with van der Waals surface area (Å²) in [7, 11) is 0. The molecule has 0 aromatic carbocycles. The van der Waals surface area contributed by atoms with Gasteiger partial charge in [0, 0.05) is 27.7 Å². The number of esters is 3. The zero-order valence-corrected chi connectivity index (χ0v) is 17.3. The molecule has 0 aliphatic carbocycles. The van der Waals surface area contributed by atoms with E-state index < -0.39 is 84.7 Å². The van der Waals surface area contributed by atoms with Crippen molar-refractivity contribution >= 4 is 35.6 Å². The largest absolute Gasteiger partial charge is 0.463 e. The molecule has 2 rings (SSSR count). The number of carbonyl (C=O) groups excluding carboxylic acids is 6. The van der Waals surface area contributed by atoms with E-state index in [9.17, 15) is 33.9 Å². The molecule has 31 heavy (non-hydrogen) atoms. The van der Waals surface area contributed by atoms with Crippen molar-refractivity contribution in [3.8, 4) is 0 Å². The van der Waals surface area contributed by atoms with Gasteiger partial charge in [0.05, 0.1) is 12.5 Å². The van der Waals surface area contributed by atoms with Crippen molar-refractivity contribution in [2.24, 2.45) is 0 Å². The summed E-state index contributed by atoms with van der Waals surface area (Å²) >= 11 is 0. The lowest BCUT2D eigenvalue weighted by Gasteiger charge is -2.48. The van der Waals surface area contributed by atoms with Crippen molar-refractivity contribution in [2.75, 3.05) is 6.61 Å². The van der Waals surface area contributed by atoms with Crippen molar-refractivity contribution in [1.82, 2.24) is 10.6 Å². The third kappa shape index (κ3) is 5.55. The van der Waals surface area contributed by atoms with Gasteiger partial charge in [-0.2, -0.15) is 0 Å². The number of hydrogen-bond donors (Lipinski definition) is 3. The number of aliphatic hydroxyl groups is 1. The topological polar surface area (TPSA) is 184 Å². The number of hydrogen-bond acceptors (Lipinski definition) is 11. The maximum Gasteiger partial charge on any atom is 0.303 e. The van der Waals surface area contributed by atoms with Gasteiger partial charge >= 0.3 is 17.9 Å². The molecule has 1 unspecified atom stereocenters. The van der Waals surface area contributed by atoms with E-state index in [-0.39, 0.29) is 0 Å². The molecule has 0 bridgehead atoms. The lowest BCUT2D eigenvalue weighted by Crippen LogP contribution is -2.72. The molecular formula is C18H24N2O11. The summed E-state index contributed by atoms with van der Waals surface area (Å²) in [5.74, 6) is -4.86. The van der Waals surface area contributed by atoms with Gasteiger partial charge in [0.25, 0.3) is 5.91 Å². The van der Waals surface area contributed by atoms with Crippen LogP contribution in [0.15, 0.2) is 0 Å². The van der Waals surface area contributed by atoms with E-state index in [0.29, 0.717) is 0 Å². The van der Waals surface area contributed by atoms with Gasteiger partial charge in [-0.15, -0.1) is 0 Å². The van der Waals surface area contributed by atoms with Crippen LogP contribution in [0.1, 0.15) is 34.1 Å². The Morgan fingerprint density at radius 1 is 1.06 bits per heavy atom. The average Bonchev–Trinajstić information content (AvgIpc) is 2.88. The highest BCUT2D eigenvalue weighted by Gasteiger charge is 2.62. The van der Waals surface area contributed by atoms with Crippen molar-refractivity contribution in [1.29, 1.82) is 0 Å². The van der Waals surface area contributed by atoms with Gasteiger partial charge in [-0.25, -0.2) is 0 Å². The summed E-state index contributed by atoms with van der Waals surface area (Å²) in [6.07, 6.45) is -6.45. The van der Waals surface area contributed by atoms with E-state index in [4.69, 9.17) is 18.9 Å². The van der Waals surface area contributed by atoms with Crippen LogP contribution in [0.5, 0.6) is 0 Å². The van der Waals surface area contributed by atoms with Crippen molar-refractivity contribution in [3.63, 3.8) is 0 Å². The zero-order valence-electron chi connectivity index (χ0n) is 17.3. The molecule has 0 saturated carbocycles. The molecule has 6 atom stereocenters. The molecule has 0 aromatic rings. The van der Waals surface area contributed by atoms with Crippen LogP contribution < -0.4 is 10.6 Å². The van der Waals surface area contributed by atoms with Crippen LogP contribution in [-0.2, 0) is 47.7 Å². The van der Waals surface area contributed by atoms with E-state index in [2.05, 4.69) is 5.32 Å². The van der Waals surface area contributed by atoms with Gasteiger partial charge in [-0.05, 0) is 0 Å². The minimum absolute atomic E-state index is 0.500. The molecule has 2 fully saturated rings. The summed E-state index contributed by atoms with van der Waals surface area (Å²) in [5, 5.41) is 15.4. The molecule has 0 spiro atoms. The van der Waals surface area contributed by atoms with Crippen LogP contribution in [0.3, 0.4) is 0 Å². The van der Waals surface area contributed by atoms with E-state index in [0.717, 1.165) is 27.7 Å². The second-order valence-electron chi connectivity index (χ2n) is 7.25. The maximum absolute atomic E-state index is 12.3. The zero-order chi connectivity index (χ0) is 23.5. The highest BCUT2D eigenvalue weighted by molar-refractivity contribution is 6.08. The fourth-order valence-corrected chi connectivity index (χ4v) is 3.57. The van der Waals surface area contributed by atoms with E-state index >= 15 is 0 Å². The first-order valence-electron chi connectivity index (χ1n) is 9.32. The molecule has 2 aliphatic rings. The van der Waals surface area contributed by atoms with Gasteiger partial charge < -0.3 is 29.4 Å². The lowest BCUT2D eigenvalue weighted by molar-refractivity contribution is -0.248. The number of imide groups is 1. The van der Waals surface area contributed by atoms with Crippen molar-refractivity contribution < 1.29 is 52.8 Å². The highest BCUT2D eigenvalue weighted by Crippen LogP contribution is 2.35. The average molecular weight is 444 g/mol. The minimum atomic E-state index is -2.45. The van der Waals surface area contributed by atoms with Crippen molar-refractivity contribution in [3.05, 3.63) is 0 Å². The van der Waals surface area contributed by atoms with Crippen LogP contribution in [0.25, 0.3) is 0 Å². The van der Waals surface area contributed by atoms with Gasteiger partial charge in [0.2, 0.25) is 11.8 Å². The molecule has 0 aromatic heterocycles. The first-order chi connectivity index (χ1) is 14.3. The predicted molar refractivity (Wildman–Crippen MR) is 96.7 cm³/mol. The van der Waals surface area contributed by atoms with Crippen LogP contribution in [-0.4, -0.2) is 83.4 Å². The standard InChI is InChI=1S/C18H24N2O11/c1-7(21)19-13-15(30-10(4)24)14(29-9(3)23)11(6-28-8(2)22)31-16(13)18(27)5-12(25)20-17(18)26/h11,13-16,27H,5-6H2,1-4H3,(H,19,21)(H,20,25,26)/t11-,13-,14+,15-,16+,18?/m1/s1. The minimum Gasteiger partial charge on any atom is -0.463 e. The van der Waals surface area contributed by atoms with Crippen LogP contribution in [0.2, 0.25) is 0 Å². The van der Waals surface area contributed by atoms with Crippen LogP contribution in [0.4, 0.5) is 0 Å². The van der Waals surface area contributed by atoms with Gasteiger partial charge in [-0.3, -0.25) is 34.1 Å². The Labute approximate surface area is 176 Å². The Morgan fingerprint density at radius 3 is 2.10 bits per heavy atom. The maximum atomic E-state index is 12.3. The third-order valence-corrected chi connectivity index (χ3v) is 4.66. The summed E-state index contributed by atoms with van der Waals surface area (Å²) in [4.78, 5) is 70.7. The number of ether oxygens (including phenoxy) is 4. The number of carbonyl (C=O) groups is 6.